The van der Waals surface area contributed by atoms with E-state index >= 15 is 0 Å². The molecule has 1 N–H and O–H groups in total. The third-order valence-electron chi connectivity index (χ3n) is 4.60. The zero-order valence-electron chi connectivity index (χ0n) is 14.2. The van der Waals surface area contributed by atoms with Gasteiger partial charge < -0.3 is 0 Å². The van der Waals surface area contributed by atoms with E-state index in [1.165, 1.54) is 30.2 Å². The SMILES string of the molecule is CC(=O)c1cccc(S(=O)(=O)Nc2ccc3c(c2)-c2ccccc2C3)c1. The Morgan fingerprint density at radius 3 is 2.46 bits per heavy atom. The molecule has 0 bridgehead atoms. The van der Waals surface area contributed by atoms with Crippen LogP contribution in [0.25, 0.3) is 11.1 Å². The average molecular weight is 363 g/mol. The molecule has 5 heteroatoms. The minimum atomic E-state index is -3.77. The highest BCUT2D eigenvalue weighted by Crippen LogP contribution is 2.38. The molecule has 0 amide bonds. The van der Waals surface area contributed by atoms with Crippen LogP contribution in [0.3, 0.4) is 0 Å². The van der Waals surface area contributed by atoms with Crippen LogP contribution in [0.5, 0.6) is 0 Å². The normalized spacial score (nSPS) is 12.3. The number of Topliss-reactive ketones (excluding diaryl/α,β-unsaturated/α-hetero) is 1. The fraction of sp³-hybridized carbons (Fsp3) is 0.0952. The van der Waals surface area contributed by atoms with E-state index in [4.69, 9.17) is 0 Å². The number of hydrogen-bond acceptors (Lipinski definition) is 3. The second-order valence-corrected chi connectivity index (χ2v) is 8.08. The number of sulfonamides is 1. The van der Waals surface area contributed by atoms with Crippen molar-refractivity contribution in [2.75, 3.05) is 4.72 Å². The van der Waals surface area contributed by atoms with Gasteiger partial charge in [-0.05, 0) is 59.9 Å². The van der Waals surface area contributed by atoms with E-state index in [9.17, 15) is 13.2 Å². The molecule has 1 aliphatic carbocycles. The number of hydrogen-bond donors (Lipinski definition) is 1. The van der Waals surface area contributed by atoms with E-state index in [2.05, 4.69) is 16.9 Å². The van der Waals surface area contributed by atoms with Gasteiger partial charge in [-0.25, -0.2) is 8.42 Å². The van der Waals surface area contributed by atoms with Gasteiger partial charge in [-0.1, -0.05) is 42.5 Å². The lowest BCUT2D eigenvalue weighted by molar-refractivity contribution is 0.101. The summed E-state index contributed by atoms with van der Waals surface area (Å²) in [6.07, 6.45) is 0.860. The summed E-state index contributed by atoms with van der Waals surface area (Å²) in [5, 5.41) is 0. The second kappa shape index (κ2) is 6.11. The summed E-state index contributed by atoms with van der Waals surface area (Å²) in [7, 11) is -3.77. The van der Waals surface area contributed by atoms with E-state index in [-0.39, 0.29) is 10.7 Å². The van der Waals surface area contributed by atoms with E-state index in [1.807, 2.05) is 24.3 Å². The average Bonchev–Trinajstić information content (AvgIpc) is 2.99. The minimum Gasteiger partial charge on any atom is -0.295 e. The molecule has 26 heavy (non-hydrogen) atoms. The highest BCUT2D eigenvalue weighted by molar-refractivity contribution is 7.92. The monoisotopic (exact) mass is 363 g/mol. The second-order valence-electron chi connectivity index (χ2n) is 6.40. The standard InChI is InChI=1S/C21H17NO3S/c1-14(23)15-6-4-7-19(12-15)26(24,25)22-18-10-9-17-11-16-5-2-3-8-20(16)21(17)13-18/h2-10,12-13,22H,11H2,1H3. The molecule has 0 aromatic heterocycles. The van der Waals surface area contributed by atoms with E-state index < -0.39 is 10.0 Å². The van der Waals surface area contributed by atoms with Gasteiger partial charge >= 0.3 is 0 Å². The number of fused-ring (bicyclic) bond motifs is 3. The topological polar surface area (TPSA) is 63.2 Å². The molecule has 0 saturated carbocycles. The van der Waals surface area contributed by atoms with Crippen LogP contribution < -0.4 is 4.72 Å². The first kappa shape index (κ1) is 16.5. The maximum atomic E-state index is 12.7. The summed E-state index contributed by atoms with van der Waals surface area (Å²) in [6.45, 7) is 1.41. The molecule has 3 aromatic rings. The van der Waals surface area contributed by atoms with Crippen LogP contribution in [0.4, 0.5) is 5.69 Å². The number of benzene rings is 3. The Labute approximate surface area is 152 Å². The molecule has 0 saturated heterocycles. The van der Waals surface area contributed by atoms with Gasteiger partial charge in [0.25, 0.3) is 10.0 Å². The predicted octanol–water partition coefficient (Wildman–Crippen LogP) is 4.26. The number of nitrogens with one attached hydrogen (secondary N) is 1. The smallest absolute Gasteiger partial charge is 0.261 e. The molecule has 4 rings (SSSR count). The summed E-state index contributed by atoms with van der Waals surface area (Å²) < 4.78 is 28.0. The van der Waals surface area contributed by atoms with Crippen molar-refractivity contribution in [3.63, 3.8) is 0 Å². The molecule has 0 spiro atoms. The molecule has 0 aliphatic heterocycles. The van der Waals surface area contributed by atoms with Crippen molar-refractivity contribution >= 4 is 21.5 Å². The number of anilines is 1. The van der Waals surface area contributed by atoms with Crippen molar-refractivity contribution in [3.05, 3.63) is 83.4 Å². The number of ketones is 1. The van der Waals surface area contributed by atoms with Crippen LogP contribution in [0.15, 0.2) is 71.6 Å². The van der Waals surface area contributed by atoms with E-state index in [0.29, 0.717) is 11.3 Å². The van der Waals surface area contributed by atoms with Crippen LogP contribution in [0, 0.1) is 0 Å². The molecule has 1 aliphatic rings. The van der Waals surface area contributed by atoms with E-state index in [0.717, 1.165) is 17.5 Å². The summed E-state index contributed by atoms with van der Waals surface area (Å²) in [6, 6.07) is 19.8. The quantitative estimate of drug-likeness (QED) is 0.551. The fourth-order valence-electron chi connectivity index (χ4n) is 3.28. The summed E-state index contributed by atoms with van der Waals surface area (Å²) >= 11 is 0. The third kappa shape index (κ3) is 2.91. The van der Waals surface area contributed by atoms with Crippen molar-refractivity contribution < 1.29 is 13.2 Å². The fourth-order valence-corrected chi connectivity index (χ4v) is 4.38. The molecule has 130 valence electrons. The molecule has 0 heterocycles. The Kier molecular flexibility index (Phi) is 3.89. The molecule has 3 aromatic carbocycles. The predicted molar refractivity (Wildman–Crippen MR) is 102 cm³/mol. The maximum Gasteiger partial charge on any atom is 0.261 e. The Bertz CT molecular complexity index is 1130. The molecule has 0 unspecified atom stereocenters. The lowest BCUT2D eigenvalue weighted by Gasteiger charge is -2.11. The minimum absolute atomic E-state index is 0.0751. The van der Waals surface area contributed by atoms with Crippen LogP contribution in [-0.4, -0.2) is 14.2 Å². The Hall–Kier alpha value is -2.92. The van der Waals surface area contributed by atoms with Gasteiger partial charge in [-0.2, -0.15) is 0 Å². The lowest BCUT2D eigenvalue weighted by atomic mass is 10.1. The maximum absolute atomic E-state index is 12.7. The highest BCUT2D eigenvalue weighted by Gasteiger charge is 2.20. The highest BCUT2D eigenvalue weighted by atomic mass is 32.2. The van der Waals surface area contributed by atoms with Crippen molar-refractivity contribution in [3.8, 4) is 11.1 Å². The molecular weight excluding hydrogens is 346 g/mol. The molecular formula is C21H17NO3S. The van der Waals surface area contributed by atoms with Crippen molar-refractivity contribution in [2.45, 2.75) is 18.2 Å². The first-order valence-corrected chi connectivity index (χ1v) is 9.77. The van der Waals surface area contributed by atoms with Gasteiger partial charge in [0.1, 0.15) is 0 Å². The van der Waals surface area contributed by atoms with Crippen molar-refractivity contribution in [1.29, 1.82) is 0 Å². The first-order valence-electron chi connectivity index (χ1n) is 8.29. The summed E-state index contributed by atoms with van der Waals surface area (Å²) in [5.74, 6) is -0.170. The Balaban J connectivity index is 1.68. The van der Waals surface area contributed by atoms with Crippen LogP contribution in [-0.2, 0) is 16.4 Å². The van der Waals surface area contributed by atoms with Gasteiger partial charge in [0, 0.05) is 11.3 Å². The third-order valence-corrected chi connectivity index (χ3v) is 5.98. The van der Waals surface area contributed by atoms with Crippen LogP contribution in [0.2, 0.25) is 0 Å². The molecule has 0 radical (unpaired) electrons. The van der Waals surface area contributed by atoms with E-state index in [1.54, 1.807) is 18.2 Å². The van der Waals surface area contributed by atoms with Crippen LogP contribution >= 0.6 is 0 Å². The largest absolute Gasteiger partial charge is 0.295 e. The van der Waals surface area contributed by atoms with Gasteiger partial charge in [0.05, 0.1) is 4.90 Å². The van der Waals surface area contributed by atoms with Crippen molar-refractivity contribution in [1.82, 2.24) is 0 Å². The number of rotatable bonds is 4. The molecule has 0 atom stereocenters. The zero-order chi connectivity index (χ0) is 18.3. The van der Waals surface area contributed by atoms with Crippen molar-refractivity contribution in [2.24, 2.45) is 0 Å². The summed E-state index contributed by atoms with van der Waals surface area (Å²) in [5.41, 5.74) is 5.51. The van der Waals surface area contributed by atoms with Crippen LogP contribution in [0.1, 0.15) is 28.4 Å². The molecule has 4 nitrogen and oxygen atoms in total. The van der Waals surface area contributed by atoms with Gasteiger partial charge in [-0.3, -0.25) is 9.52 Å². The molecule has 0 fully saturated rings. The first-order chi connectivity index (χ1) is 12.4. The van der Waals surface area contributed by atoms with Gasteiger partial charge in [0.15, 0.2) is 5.78 Å². The number of carbonyl (C=O) groups is 1. The van der Waals surface area contributed by atoms with Gasteiger partial charge in [-0.15, -0.1) is 0 Å². The zero-order valence-corrected chi connectivity index (χ0v) is 15.0. The Morgan fingerprint density at radius 1 is 0.885 bits per heavy atom. The lowest BCUT2D eigenvalue weighted by Crippen LogP contribution is -2.13. The summed E-state index contributed by atoms with van der Waals surface area (Å²) in [4.78, 5) is 11.6. The van der Waals surface area contributed by atoms with Gasteiger partial charge in [0.2, 0.25) is 0 Å². The number of carbonyl (C=O) groups excluding carboxylic acids is 1. The Morgan fingerprint density at radius 2 is 1.65 bits per heavy atom.